The fourth-order valence-corrected chi connectivity index (χ4v) is 8.37. The number of hydrogen-bond acceptors (Lipinski definition) is 4. The van der Waals surface area contributed by atoms with E-state index in [1.807, 2.05) is 24.3 Å². The minimum atomic E-state index is -0.0977. The maximum atomic E-state index is 9.70. The van der Waals surface area contributed by atoms with Crippen LogP contribution in [0.1, 0.15) is 38.3 Å². The predicted octanol–water partition coefficient (Wildman–Crippen LogP) is 11.2. The quantitative estimate of drug-likeness (QED) is 0.204. The van der Waals surface area contributed by atoms with E-state index in [4.69, 9.17) is 0 Å². The molecular weight excluding hydrogens is 553 g/mol. The van der Waals surface area contributed by atoms with E-state index in [2.05, 4.69) is 81.4 Å². The Hall–Kier alpha value is -4.12. The summed E-state index contributed by atoms with van der Waals surface area (Å²) in [6.45, 7) is 7.13. The second-order valence-electron chi connectivity index (χ2n) is 11.5. The van der Waals surface area contributed by atoms with Gasteiger partial charge < -0.3 is 10.2 Å². The van der Waals surface area contributed by atoms with Crippen molar-refractivity contribution >= 4 is 22.7 Å². The first-order valence-corrected chi connectivity index (χ1v) is 16.1. The second-order valence-corrected chi connectivity index (χ2v) is 13.6. The second kappa shape index (κ2) is 10.3. The van der Waals surface area contributed by atoms with Crippen LogP contribution in [0.2, 0.25) is 0 Å². The van der Waals surface area contributed by atoms with Crippen LogP contribution in [-0.2, 0) is 5.41 Å². The molecule has 4 aromatic carbocycles. The molecule has 2 heterocycles. The van der Waals surface area contributed by atoms with Gasteiger partial charge in [-0.1, -0.05) is 51.5 Å². The third-order valence-corrected chi connectivity index (χ3v) is 11.5. The summed E-state index contributed by atoms with van der Waals surface area (Å²) in [6.07, 6.45) is 1.10. The van der Waals surface area contributed by atoms with E-state index < -0.39 is 0 Å². The van der Waals surface area contributed by atoms with Crippen molar-refractivity contribution in [3.63, 3.8) is 0 Å². The molecule has 4 heteroatoms. The Bertz CT molecular complexity index is 1770. The van der Waals surface area contributed by atoms with Crippen molar-refractivity contribution in [3.05, 3.63) is 120 Å². The van der Waals surface area contributed by atoms with Crippen LogP contribution < -0.4 is 0 Å². The van der Waals surface area contributed by atoms with Crippen LogP contribution in [0, 0.1) is 5.92 Å². The molecule has 6 aromatic rings. The largest absolute Gasteiger partial charge is 0.508 e. The lowest BCUT2D eigenvalue weighted by Crippen LogP contribution is -2.29. The van der Waals surface area contributed by atoms with E-state index in [9.17, 15) is 10.2 Å². The molecule has 1 aliphatic carbocycles. The van der Waals surface area contributed by atoms with Gasteiger partial charge in [0.2, 0.25) is 0 Å². The Morgan fingerprint density at radius 1 is 0.548 bits per heavy atom. The number of phenols is 2. The van der Waals surface area contributed by atoms with Crippen LogP contribution >= 0.6 is 22.7 Å². The summed E-state index contributed by atoms with van der Waals surface area (Å²) in [5.74, 6) is 1.05. The number of benzene rings is 4. The highest BCUT2D eigenvalue weighted by Gasteiger charge is 2.43. The molecular formula is C38H32O2S2. The molecule has 42 heavy (non-hydrogen) atoms. The predicted molar refractivity (Wildman–Crippen MR) is 179 cm³/mol. The minimum absolute atomic E-state index is 0.0977. The topological polar surface area (TPSA) is 40.5 Å². The SMILES string of the molecule is CCC(C)C1(C)c2cc(-c3ccc(-c4ccc(O)cc4)s3)ccc2-c2ccc(-c3ccc(-c4ccc(O)cc4)s3)cc21. The van der Waals surface area contributed by atoms with Crippen LogP contribution in [0.4, 0.5) is 0 Å². The van der Waals surface area contributed by atoms with Crippen molar-refractivity contribution in [1.29, 1.82) is 0 Å². The number of rotatable bonds is 6. The Labute approximate surface area is 255 Å². The van der Waals surface area contributed by atoms with Crippen LogP contribution in [0.5, 0.6) is 11.5 Å². The van der Waals surface area contributed by atoms with Gasteiger partial charge in [-0.3, -0.25) is 0 Å². The number of hydrogen-bond donors (Lipinski definition) is 2. The standard InChI is InChI=1S/C38H32O2S2/c1-4-23(2)38(3)32-21-26(36-19-17-34(41-36)24-5-11-28(39)12-6-24)9-15-30(32)31-16-10-27(22-33(31)38)37-20-18-35(42-37)25-7-13-29(40)14-8-25/h5-23,39-40H,4H2,1-3H3. The van der Waals surface area contributed by atoms with E-state index in [-0.39, 0.29) is 16.9 Å². The molecule has 7 rings (SSSR count). The average molecular weight is 585 g/mol. The summed E-state index contributed by atoms with van der Waals surface area (Å²) in [6, 6.07) is 37.8. The average Bonchev–Trinajstić information content (AvgIpc) is 3.76. The van der Waals surface area contributed by atoms with Crippen LogP contribution in [0.15, 0.2) is 109 Å². The van der Waals surface area contributed by atoms with Crippen molar-refractivity contribution in [2.75, 3.05) is 0 Å². The van der Waals surface area contributed by atoms with Gasteiger partial charge in [0.15, 0.2) is 0 Å². The zero-order valence-electron chi connectivity index (χ0n) is 23.9. The van der Waals surface area contributed by atoms with Gasteiger partial charge >= 0.3 is 0 Å². The van der Waals surface area contributed by atoms with E-state index in [0.29, 0.717) is 5.92 Å². The zero-order chi connectivity index (χ0) is 29.0. The third kappa shape index (κ3) is 4.38. The normalized spacial score (nSPS) is 14.0. The summed E-state index contributed by atoms with van der Waals surface area (Å²) in [4.78, 5) is 4.91. The van der Waals surface area contributed by atoms with Gasteiger partial charge in [-0.05, 0) is 135 Å². The van der Waals surface area contributed by atoms with Crippen LogP contribution in [0.25, 0.3) is 52.9 Å². The number of aromatic hydroxyl groups is 2. The van der Waals surface area contributed by atoms with Crippen molar-refractivity contribution in [2.24, 2.45) is 5.92 Å². The Kier molecular flexibility index (Phi) is 6.56. The minimum Gasteiger partial charge on any atom is -0.508 e. The van der Waals surface area contributed by atoms with Crippen LogP contribution in [0.3, 0.4) is 0 Å². The lowest BCUT2D eigenvalue weighted by molar-refractivity contribution is 0.371. The van der Waals surface area contributed by atoms with E-state index in [0.717, 1.165) is 17.5 Å². The smallest absolute Gasteiger partial charge is 0.115 e. The lowest BCUT2D eigenvalue weighted by atomic mass is 9.69. The first-order chi connectivity index (χ1) is 20.3. The lowest BCUT2D eigenvalue weighted by Gasteiger charge is -2.34. The summed E-state index contributed by atoms with van der Waals surface area (Å²) in [7, 11) is 0. The summed E-state index contributed by atoms with van der Waals surface area (Å²) >= 11 is 3.59. The van der Waals surface area contributed by atoms with Crippen molar-refractivity contribution in [3.8, 4) is 64.4 Å². The van der Waals surface area contributed by atoms with Gasteiger partial charge in [-0.15, -0.1) is 22.7 Å². The summed E-state index contributed by atoms with van der Waals surface area (Å²) in [5.41, 5.74) is 10.2. The van der Waals surface area contributed by atoms with Crippen LogP contribution in [-0.4, -0.2) is 10.2 Å². The first kappa shape index (κ1) is 26.8. The molecule has 0 spiro atoms. The summed E-state index contributed by atoms with van der Waals surface area (Å²) < 4.78 is 0. The van der Waals surface area contributed by atoms with Gasteiger partial charge in [0.1, 0.15) is 11.5 Å². The highest BCUT2D eigenvalue weighted by atomic mass is 32.1. The van der Waals surface area contributed by atoms with E-state index >= 15 is 0 Å². The molecule has 1 unspecified atom stereocenters. The molecule has 0 saturated heterocycles. The number of phenolic OH excluding ortho intramolecular Hbond substituents is 2. The van der Waals surface area contributed by atoms with E-state index in [1.54, 1.807) is 46.9 Å². The maximum absolute atomic E-state index is 9.70. The highest BCUT2D eigenvalue weighted by molar-refractivity contribution is 7.19. The Morgan fingerprint density at radius 2 is 0.905 bits per heavy atom. The number of fused-ring (bicyclic) bond motifs is 3. The molecule has 0 radical (unpaired) electrons. The van der Waals surface area contributed by atoms with Gasteiger partial charge in [-0.25, -0.2) is 0 Å². The summed E-state index contributed by atoms with van der Waals surface area (Å²) in [5, 5.41) is 19.4. The molecule has 2 aromatic heterocycles. The monoisotopic (exact) mass is 584 g/mol. The van der Waals surface area contributed by atoms with Crippen molar-refractivity contribution in [1.82, 2.24) is 0 Å². The van der Waals surface area contributed by atoms with E-state index in [1.165, 1.54) is 52.9 Å². The molecule has 0 saturated carbocycles. The molecule has 1 atom stereocenters. The Balaban J connectivity index is 1.28. The number of thiophene rings is 2. The van der Waals surface area contributed by atoms with Gasteiger partial charge in [-0.2, -0.15) is 0 Å². The maximum Gasteiger partial charge on any atom is 0.115 e. The molecule has 0 fully saturated rings. The fraction of sp³-hybridized carbons (Fsp3) is 0.158. The molecule has 0 amide bonds. The Morgan fingerprint density at radius 3 is 1.29 bits per heavy atom. The molecule has 0 aliphatic heterocycles. The molecule has 0 bridgehead atoms. The first-order valence-electron chi connectivity index (χ1n) is 14.4. The van der Waals surface area contributed by atoms with Gasteiger partial charge in [0.05, 0.1) is 0 Å². The third-order valence-electron chi connectivity index (χ3n) is 9.13. The van der Waals surface area contributed by atoms with Gasteiger partial charge in [0, 0.05) is 24.9 Å². The fourth-order valence-electron chi connectivity index (χ4n) is 6.36. The molecule has 2 N–H and O–H groups in total. The molecule has 1 aliphatic rings. The van der Waals surface area contributed by atoms with Crippen molar-refractivity contribution < 1.29 is 10.2 Å². The van der Waals surface area contributed by atoms with Crippen molar-refractivity contribution in [2.45, 2.75) is 32.6 Å². The highest BCUT2D eigenvalue weighted by Crippen LogP contribution is 2.55. The van der Waals surface area contributed by atoms with Gasteiger partial charge in [0.25, 0.3) is 0 Å². The zero-order valence-corrected chi connectivity index (χ0v) is 25.5. The molecule has 208 valence electrons. The molecule has 2 nitrogen and oxygen atoms in total.